The molecular formula is C6H14O12P2. The molecule has 120 valence electrons. The van der Waals surface area contributed by atoms with Crippen LogP contribution >= 0.6 is 15.6 Å². The van der Waals surface area contributed by atoms with Crippen LogP contribution in [0.15, 0.2) is 0 Å². The van der Waals surface area contributed by atoms with Gasteiger partial charge >= 0.3 is 15.6 Å². The maximum absolute atomic E-state index is 11.4. The molecule has 0 saturated carbocycles. The Bertz CT molecular complexity index is 434. The second-order valence-corrected chi connectivity index (χ2v) is 6.67. The number of phosphoric acid groups is 2. The van der Waals surface area contributed by atoms with Gasteiger partial charge in [-0.3, -0.25) is 0 Å². The highest BCUT2D eigenvalue weighted by atomic mass is 31.3. The van der Waals surface area contributed by atoms with E-state index in [1.807, 2.05) is 0 Å². The first kappa shape index (κ1) is 18.1. The zero-order valence-corrected chi connectivity index (χ0v) is 11.5. The Labute approximate surface area is 112 Å². The van der Waals surface area contributed by atoms with Crippen LogP contribution in [-0.4, -0.2) is 72.4 Å². The summed E-state index contributed by atoms with van der Waals surface area (Å²) < 4.78 is 34.2. The number of hydrogen-bond donors (Lipinski definition) is 7. The van der Waals surface area contributed by atoms with Gasteiger partial charge in [-0.1, -0.05) is 0 Å². The van der Waals surface area contributed by atoms with Crippen LogP contribution < -0.4 is 0 Å². The highest BCUT2D eigenvalue weighted by Crippen LogP contribution is 2.60. The number of ether oxygens (including phenoxy) is 1. The lowest BCUT2D eigenvalue weighted by atomic mass is 9.98. The normalized spacial score (nSPS) is 38.5. The minimum absolute atomic E-state index is 0.686. The van der Waals surface area contributed by atoms with E-state index in [1.165, 1.54) is 0 Å². The Kier molecular flexibility index (Phi) is 5.48. The molecule has 1 unspecified atom stereocenters. The molecule has 5 atom stereocenters. The molecule has 14 heteroatoms. The molecule has 7 N–H and O–H groups in total. The van der Waals surface area contributed by atoms with Crippen molar-refractivity contribution in [2.45, 2.75) is 24.1 Å². The molecular weight excluding hydrogens is 326 g/mol. The van der Waals surface area contributed by atoms with Crippen molar-refractivity contribution < 1.29 is 57.8 Å². The van der Waals surface area contributed by atoms with Gasteiger partial charge in [-0.25, -0.2) is 13.7 Å². The summed E-state index contributed by atoms with van der Waals surface area (Å²) in [5.41, 5.74) is 0. The fourth-order valence-corrected chi connectivity index (χ4v) is 3.29. The zero-order valence-electron chi connectivity index (χ0n) is 9.71. The van der Waals surface area contributed by atoms with Crippen molar-refractivity contribution in [3.8, 4) is 0 Å². The van der Waals surface area contributed by atoms with Crippen LogP contribution in [0.3, 0.4) is 0 Å². The summed E-state index contributed by atoms with van der Waals surface area (Å²) >= 11 is 0. The van der Waals surface area contributed by atoms with Crippen molar-refractivity contribution in [3.05, 3.63) is 0 Å². The molecule has 0 aromatic heterocycles. The van der Waals surface area contributed by atoms with Crippen molar-refractivity contribution in [3.63, 3.8) is 0 Å². The third kappa shape index (κ3) is 4.28. The number of phosphoric ester groups is 1. The summed E-state index contributed by atoms with van der Waals surface area (Å²) in [6.45, 7) is -1.96. The molecule has 1 aliphatic heterocycles. The fourth-order valence-electron chi connectivity index (χ4n) is 1.48. The maximum atomic E-state index is 11.4. The third-order valence-electron chi connectivity index (χ3n) is 2.37. The standard InChI is InChI=1S/C6H14O12P2/c7-2-6(5(10)4(9)3(8)1-16-6)17-20(14,15)18-19(11,12)13/h3-5,7-10H,1-2H2,(H,14,15)(H2,11,12,13)/t3-,4-,5+,6+/m1/s1. The Morgan fingerprint density at radius 2 is 1.75 bits per heavy atom. The lowest BCUT2D eigenvalue weighted by Crippen LogP contribution is -2.63. The van der Waals surface area contributed by atoms with Gasteiger partial charge in [-0.05, 0) is 0 Å². The molecule has 1 rings (SSSR count). The molecule has 1 saturated heterocycles. The van der Waals surface area contributed by atoms with Crippen molar-refractivity contribution in [1.82, 2.24) is 0 Å². The van der Waals surface area contributed by atoms with Gasteiger partial charge in [0.05, 0.1) is 6.61 Å². The quantitative estimate of drug-likeness (QED) is 0.250. The van der Waals surface area contributed by atoms with Crippen LogP contribution in [0.4, 0.5) is 0 Å². The second-order valence-electron chi connectivity index (χ2n) is 3.92. The number of aliphatic hydroxyl groups is 4. The number of rotatable bonds is 5. The van der Waals surface area contributed by atoms with Gasteiger partial charge < -0.3 is 39.8 Å². The molecule has 1 aliphatic rings. The number of hydrogen-bond acceptors (Lipinski definition) is 9. The summed E-state index contributed by atoms with van der Waals surface area (Å²) in [4.78, 5) is 26.0. The van der Waals surface area contributed by atoms with Gasteiger partial charge in [0.1, 0.15) is 24.9 Å². The van der Waals surface area contributed by atoms with Crippen molar-refractivity contribution >= 4 is 15.6 Å². The van der Waals surface area contributed by atoms with Crippen molar-refractivity contribution in [2.75, 3.05) is 13.2 Å². The van der Waals surface area contributed by atoms with Crippen LogP contribution in [-0.2, 0) is 22.7 Å². The Morgan fingerprint density at radius 3 is 2.20 bits per heavy atom. The Morgan fingerprint density at radius 1 is 1.20 bits per heavy atom. The van der Waals surface area contributed by atoms with Crippen LogP contribution in [0.25, 0.3) is 0 Å². The first-order valence-corrected chi connectivity index (χ1v) is 8.04. The maximum Gasteiger partial charge on any atom is 0.483 e. The summed E-state index contributed by atoms with van der Waals surface area (Å²) in [6, 6.07) is 0. The van der Waals surface area contributed by atoms with Crippen LogP contribution in [0.1, 0.15) is 0 Å². The van der Waals surface area contributed by atoms with E-state index in [4.69, 9.17) is 19.8 Å². The third-order valence-corrected chi connectivity index (χ3v) is 4.58. The predicted octanol–water partition coefficient (Wildman–Crippen LogP) is -2.99. The SMILES string of the molecule is O=P(O)(O)OP(=O)(O)O[C@]1(CO)OC[C@@H](O)[C@@H](O)[C@@H]1O. The molecule has 0 spiro atoms. The molecule has 12 nitrogen and oxygen atoms in total. The summed E-state index contributed by atoms with van der Waals surface area (Å²) in [7, 11) is -10.9. The molecule has 20 heavy (non-hydrogen) atoms. The lowest BCUT2D eigenvalue weighted by molar-refractivity contribution is -0.322. The van der Waals surface area contributed by atoms with Crippen molar-refractivity contribution in [1.29, 1.82) is 0 Å². The first-order chi connectivity index (χ1) is 8.92. The second kappa shape index (κ2) is 6.05. The largest absolute Gasteiger partial charge is 0.483 e. The molecule has 1 heterocycles. The molecule has 1 fully saturated rings. The molecule has 0 aliphatic carbocycles. The van der Waals surface area contributed by atoms with Crippen molar-refractivity contribution in [2.24, 2.45) is 0 Å². The predicted molar refractivity (Wildman–Crippen MR) is 57.8 cm³/mol. The molecule has 0 aromatic carbocycles. The van der Waals surface area contributed by atoms with Crippen LogP contribution in [0.5, 0.6) is 0 Å². The van der Waals surface area contributed by atoms with E-state index in [9.17, 15) is 24.4 Å². The smallest absolute Gasteiger partial charge is 0.391 e. The molecule has 0 bridgehead atoms. The highest BCUT2D eigenvalue weighted by molar-refractivity contribution is 7.60. The molecule has 0 aromatic rings. The fraction of sp³-hybridized carbons (Fsp3) is 1.00. The minimum Gasteiger partial charge on any atom is -0.391 e. The Hall–Kier alpha value is 0.0600. The average molecular weight is 340 g/mol. The van der Waals surface area contributed by atoms with E-state index in [0.29, 0.717) is 0 Å². The van der Waals surface area contributed by atoms with Gasteiger partial charge in [0, 0.05) is 0 Å². The van der Waals surface area contributed by atoms with Gasteiger partial charge in [-0.15, -0.1) is 0 Å². The lowest BCUT2D eigenvalue weighted by Gasteiger charge is -2.43. The van der Waals surface area contributed by atoms with E-state index in [-0.39, 0.29) is 0 Å². The van der Waals surface area contributed by atoms with Gasteiger partial charge in [0.2, 0.25) is 5.79 Å². The topological polar surface area (TPSA) is 203 Å². The summed E-state index contributed by atoms with van der Waals surface area (Å²) in [5, 5.41) is 37.3. The van der Waals surface area contributed by atoms with Gasteiger partial charge in [0.15, 0.2) is 0 Å². The first-order valence-electron chi connectivity index (χ1n) is 5.02. The summed E-state index contributed by atoms with van der Waals surface area (Å²) in [6.07, 6.45) is -5.64. The highest BCUT2D eigenvalue weighted by Gasteiger charge is 2.55. The van der Waals surface area contributed by atoms with Crippen LogP contribution in [0, 0.1) is 0 Å². The van der Waals surface area contributed by atoms with Crippen LogP contribution in [0.2, 0.25) is 0 Å². The zero-order chi connectivity index (χ0) is 15.8. The monoisotopic (exact) mass is 340 g/mol. The van der Waals surface area contributed by atoms with Gasteiger partial charge in [0.25, 0.3) is 0 Å². The molecule has 0 radical (unpaired) electrons. The average Bonchev–Trinajstić information content (AvgIpc) is 2.27. The van der Waals surface area contributed by atoms with E-state index >= 15 is 0 Å². The van der Waals surface area contributed by atoms with E-state index in [2.05, 4.69) is 13.6 Å². The van der Waals surface area contributed by atoms with E-state index < -0.39 is 53.0 Å². The van der Waals surface area contributed by atoms with Gasteiger partial charge in [-0.2, -0.15) is 4.31 Å². The molecule has 0 amide bonds. The van der Waals surface area contributed by atoms with E-state index in [1.54, 1.807) is 0 Å². The minimum atomic E-state index is -5.45. The number of aliphatic hydroxyl groups excluding tert-OH is 4. The summed E-state index contributed by atoms with van der Waals surface area (Å²) in [5.74, 6) is -2.70. The van der Waals surface area contributed by atoms with E-state index in [0.717, 1.165) is 0 Å². The Balaban J connectivity index is 2.96.